The number of hydrogen-bond acceptors (Lipinski definition) is 2. The molecular weight excluding hydrogens is 216 g/mol. The first-order valence-corrected chi connectivity index (χ1v) is 6.68. The van der Waals surface area contributed by atoms with Crippen LogP contribution in [0.2, 0.25) is 0 Å². The molecule has 0 aromatic heterocycles. The van der Waals surface area contributed by atoms with E-state index >= 15 is 0 Å². The second-order valence-electron chi connectivity index (χ2n) is 4.78. The topological polar surface area (TPSA) is 49.4 Å². The van der Waals surface area contributed by atoms with Gasteiger partial charge in [0.2, 0.25) is 11.8 Å². The highest BCUT2D eigenvalue weighted by Gasteiger charge is 2.29. The molecule has 0 unspecified atom stereocenters. The standard InChI is InChI=1S/C13H24N2O2/c1-3-4-5-9-15(11(2)16)10-8-14-13(17)12-6-7-12/h12H,3-10H2,1-2H3,(H,14,17). The van der Waals surface area contributed by atoms with Gasteiger partial charge in [-0.15, -0.1) is 0 Å². The SMILES string of the molecule is CCCCCN(CCNC(=O)C1CC1)C(C)=O. The molecule has 1 aliphatic carbocycles. The molecule has 1 N–H and O–H groups in total. The summed E-state index contributed by atoms with van der Waals surface area (Å²) < 4.78 is 0. The van der Waals surface area contributed by atoms with Gasteiger partial charge < -0.3 is 10.2 Å². The lowest BCUT2D eigenvalue weighted by molar-refractivity contribution is -0.129. The Balaban J connectivity index is 2.14. The Bertz CT molecular complexity index is 262. The summed E-state index contributed by atoms with van der Waals surface area (Å²) in [5.74, 6) is 0.504. The third-order valence-electron chi connectivity index (χ3n) is 3.11. The molecule has 0 aromatic carbocycles. The lowest BCUT2D eigenvalue weighted by Gasteiger charge is -2.21. The molecule has 98 valence electrons. The Morgan fingerprint density at radius 1 is 1.24 bits per heavy atom. The zero-order chi connectivity index (χ0) is 12.7. The predicted octanol–water partition coefficient (Wildman–Crippen LogP) is 1.55. The molecule has 2 amide bonds. The molecule has 0 aliphatic heterocycles. The van der Waals surface area contributed by atoms with E-state index in [-0.39, 0.29) is 17.7 Å². The second kappa shape index (κ2) is 7.30. The fraction of sp³-hybridized carbons (Fsp3) is 0.846. The third kappa shape index (κ3) is 5.71. The Kier molecular flexibility index (Phi) is 6.01. The van der Waals surface area contributed by atoms with Crippen LogP contribution in [0.25, 0.3) is 0 Å². The van der Waals surface area contributed by atoms with E-state index in [0.29, 0.717) is 13.1 Å². The van der Waals surface area contributed by atoms with Gasteiger partial charge in [0.15, 0.2) is 0 Å². The van der Waals surface area contributed by atoms with Crippen LogP contribution in [0.4, 0.5) is 0 Å². The fourth-order valence-corrected chi connectivity index (χ4v) is 1.78. The quantitative estimate of drug-likeness (QED) is 0.654. The van der Waals surface area contributed by atoms with Crippen LogP contribution in [-0.4, -0.2) is 36.3 Å². The summed E-state index contributed by atoms with van der Waals surface area (Å²) >= 11 is 0. The fourth-order valence-electron chi connectivity index (χ4n) is 1.78. The van der Waals surface area contributed by atoms with Crippen LogP contribution >= 0.6 is 0 Å². The molecule has 4 nitrogen and oxygen atoms in total. The van der Waals surface area contributed by atoms with Crippen molar-refractivity contribution in [2.75, 3.05) is 19.6 Å². The molecule has 0 saturated heterocycles. The van der Waals surface area contributed by atoms with E-state index in [2.05, 4.69) is 12.2 Å². The predicted molar refractivity (Wildman–Crippen MR) is 67.5 cm³/mol. The number of carbonyl (C=O) groups excluding carboxylic acids is 2. The number of unbranched alkanes of at least 4 members (excludes halogenated alkanes) is 2. The van der Waals surface area contributed by atoms with Gasteiger partial charge in [0.05, 0.1) is 0 Å². The molecule has 4 heteroatoms. The summed E-state index contributed by atoms with van der Waals surface area (Å²) in [5, 5.41) is 2.89. The van der Waals surface area contributed by atoms with Crippen molar-refractivity contribution >= 4 is 11.8 Å². The Morgan fingerprint density at radius 3 is 2.47 bits per heavy atom. The van der Waals surface area contributed by atoms with Crippen LogP contribution < -0.4 is 5.32 Å². The van der Waals surface area contributed by atoms with Gasteiger partial charge in [0.25, 0.3) is 0 Å². The molecule has 0 spiro atoms. The summed E-state index contributed by atoms with van der Waals surface area (Å²) in [6.07, 6.45) is 5.41. The van der Waals surface area contributed by atoms with Gasteiger partial charge in [-0.3, -0.25) is 9.59 Å². The van der Waals surface area contributed by atoms with Crippen molar-refractivity contribution in [1.29, 1.82) is 0 Å². The normalized spacial score (nSPS) is 14.5. The van der Waals surface area contributed by atoms with Gasteiger partial charge in [0.1, 0.15) is 0 Å². The molecule has 0 radical (unpaired) electrons. The number of amides is 2. The molecule has 17 heavy (non-hydrogen) atoms. The van der Waals surface area contributed by atoms with Crippen LogP contribution in [0.1, 0.15) is 46.0 Å². The van der Waals surface area contributed by atoms with Gasteiger partial charge in [-0.25, -0.2) is 0 Å². The lowest BCUT2D eigenvalue weighted by atomic mass is 10.2. The molecule has 0 aromatic rings. The van der Waals surface area contributed by atoms with Crippen molar-refractivity contribution in [2.45, 2.75) is 46.0 Å². The molecule has 1 aliphatic rings. The highest BCUT2D eigenvalue weighted by molar-refractivity contribution is 5.80. The lowest BCUT2D eigenvalue weighted by Crippen LogP contribution is -2.38. The Morgan fingerprint density at radius 2 is 1.94 bits per heavy atom. The molecule has 0 bridgehead atoms. The van der Waals surface area contributed by atoms with E-state index < -0.39 is 0 Å². The number of nitrogens with zero attached hydrogens (tertiary/aromatic N) is 1. The molecule has 0 atom stereocenters. The number of carbonyl (C=O) groups is 2. The van der Waals surface area contributed by atoms with Crippen LogP contribution in [-0.2, 0) is 9.59 Å². The third-order valence-corrected chi connectivity index (χ3v) is 3.11. The van der Waals surface area contributed by atoms with E-state index in [1.165, 1.54) is 0 Å². The summed E-state index contributed by atoms with van der Waals surface area (Å²) in [6.45, 7) is 5.77. The van der Waals surface area contributed by atoms with Crippen LogP contribution in [0.5, 0.6) is 0 Å². The largest absolute Gasteiger partial charge is 0.354 e. The van der Waals surface area contributed by atoms with E-state index in [1.54, 1.807) is 6.92 Å². The van der Waals surface area contributed by atoms with Crippen LogP contribution in [0, 0.1) is 5.92 Å². The van der Waals surface area contributed by atoms with Crippen molar-refractivity contribution in [3.8, 4) is 0 Å². The average molecular weight is 240 g/mol. The Labute approximate surface area is 104 Å². The van der Waals surface area contributed by atoms with Gasteiger partial charge in [-0.1, -0.05) is 19.8 Å². The zero-order valence-corrected chi connectivity index (χ0v) is 11.0. The van der Waals surface area contributed by atoms with Crippen molar-refractivity contribution in [3.63, 3.8) is 0 Å². The molecule has 1 fully saturated rings. The molecule has 1 rings (SSSR count). The van der Waals surface area contributed by atoms with Gasteiger partial charge in [-0.05, 0) is 19.3 Å². The van der Waals surface area contributed by atoms with E-state index in [1.807, 2.05) is 4.90 Å². The van der Waals surface area contributed by atoms with E-state index in [0.717, 1.165) is 38.6 Å². The highest BCUT2D eigenvalue weighted by Crippen LogP contribution is 2.28. The van der Waals surface area contributed by atoms with Crippen LogP contribution in [0.15, 0.2) is 0 Å². The summed E-state index contributed by atoms with van der Waals surface area (Å²) in [5.41, 5.74) is 0. The van der Waals surface area contributed by atoms with Crippen molar-refractivity contribution in [3.05, 3.63) is 0 Å². The highest BCUT2D eigenvalue weighted by atomic mass is 16.2. The summed E-state index contributed by atoms with van der Waals surface area (Å²) in [4.78, 5) is 24.6. The van der Waals surface area contributed by atoms with Gasteiger partial charge in [-0.2, -0.15) is 0 Å². The summed E-state index contributed by atoms with van der Waals surface area (Å²) in [6, 6.07) is 0. The van der Waals surface area contributed by atoms with Crippen molar-refractivity contribution in [1.82, 2.24) is 10.2 Å². The first kappa shape index (κ1) is 14.0. The minimum Gasteiger partial charge on any atom is -0.354 e. The van der Waals surface area contributed by atoms with Crippen molar-refractivity contribution in [2.24, 2.45) is 5.92 Å². The second-order valence-corrected chi connectivity index (χ2v) is 4.78. The van der Waals surface area contributed by atoms with E-state index in [9.17, 15) is 9.59 Å². The summed E-state index contributed by atoms with van der Waals surface area (Å²) in [7, 11) is 0. The van der Waals surface area contributed by atoms with E-state index in [4.69, 9.17) is 0 Å². The minimum absolute atomic E-state index is 0.0989. The van der Waals surface area contributed by atoms with Crippen molar-refractivity contribution < 1.29 is 9.59 Å². The molecule has 0 heterocycles. The van der Waals surface area contributed by atoms with Gasteiger partial charge in [0, 0.05) is 32.5 Å². The monoisotopic (exact) mass is 240 g/mol. The molecule has 1 saturated carbocycles. The maximum atomic E-state index is 11.4. The minimum atomic E-state index is 0.0989. The number of hydrogen-bond donors (Lipinski definition) is 1. The maximum absolute atomic E-state index is 11.4. The number of rotatable bonds is 8. The first-order valence-electron chi connectivity index (χ1n) is 6.68. The molecular formula is C13H24N2O2. The smallest absolute Gasteiger partial charge is 0.223 e. The Hall–Kier alpha value is -1.06. The first-order chi connectivity index (χ1) is 8.15. The average Bonchev–Trinajstić information content (AvgIpc) is 3.10. The zero-order valence-electron chi connectivity index (χ0n) is 11.0. The van der Waals surface area contributed by atoms with Crippen LogP contribution in [0.3, 0.4) is 0 Å². The van der Waals surface area contributed by atoms with Gasteiger partial charge >= 0.3 is 0 Å². The maximum Gasteiger partial charge on any atom is 0.223 e. The number of nitrogens with one attached hydrogen (secondary N) is 1.